The zero-order chi connectivity index (χ0) is 13.3. The van der Waals surface area contributed by atoms with E-state index in [0.717, 1.165) is 5.92 Å². The molecule has 0 amide bonds. The minimum atomic E-state index is 0.987. The molecule has 0 unspecified atom stereocenters. The summed E-state index contributed by atoms with van der Waals surface area (Å²) in [4.78, 5) is 1.41. The fourth-order valence-corrected chi connectivity index (χ4v) is 4.16. The Bertz CT molecular complexity index is 337. The highest BCUT2D eigenvalue weighted by Crippen LogP contribution is 2.28. The Balaban J connectivity index is 1.69. The van der Waals surface area contributed by atoms with Gasteiger partial charge in [0.1, 0.15) is 0 Å². The molecule has 1 aliphatic rings. The van der Waals surface area contributed by atoms with Crippen LogP contribution in [0.3, 0.4) is 0 Å². The van der Waals surface area contributed by atoms with Gasteiger partial charge < -0.3 is 0 Å². The minimum absolute atomic E-state index is 0.987. The molecule has 2 heteroatoms. The van der Waals surface area contributed by atoms with Crippen molar-refractivity contribution in [1.29, 1.82) is 0 Å². The fourth-order valence-electron chi connectivity index (χ4n) is 2.88. The molecule has 0 aromatic heterocycles. The normalized spacial score (nSPS) is 18.6. The quantitative estimate of drug-likeness (QED) is 0.550. The molecule has 106 valence electrons. The van der Waals surface area contributed by atoms with Crippen molar-refractivity contribution in [3.8, 4) is 0 Å². The highest BCUT2D eigenvalue weighted by atomic mass is 79.9. The Kier molecular flexibility index (Phi) is 7.37. The van der Waals surface area contributed by atoms with Gasteiger partial charge in [0.2, 0.25) is 0 Å². The maximum absolute atomic E-state index is 3.49. The summed E-state index contributed by atoms with van der Waals surface area (Å²) in [5, 5.41) is 0. The van der Waals surface area contributed by atoms with Gasteiger partial charge in [-0.25, -0.2) is 0 Å². The highest BCUT2D eigenvalue weighted by Gasteiger charge is 2.10. The summed E-state index contributed by atoms with van der Waals surface area (Å²) in [6, 6.07) is 8.72. The van der Waals surface area contributed by atoms with Gasteiger partial charge in [0, 0.05) is 9.37 Å². The average Bonchev–Trinajstić information content (AvgIpc) is 2.55. The van der Waals surface area contributed by atoms with Crippen LogP contribution in [-0.2, 0) is 0 Å². The number of hydrogen-bond donors (Lipinski definition) is 0. The second-order valence-electron chi connectivity index (χ2n) is 5.66. The van der Waals surface area contributed by atoms with Gasteiger partial charge in [-0.05, 0) is 42.4 Å². The van der Waals surface area contributed by atoms with E-state index < -0.39 is 0 Å². The van der Waals surface area contributed by atoms with Gasteiger partial charge in [-0.3, -0.25) is 0 Å². The Morgan fingerprint density at radius 3 is 2.11 bits per heavy atom. The third kappa shape index (κ3) is 6.35. The molecule has 0 spiro atoms. The van der Waals surface area contributed by atoms with Crippen molar-refractivity contribution >= 4 is 27.7 Å². The van der Waals surface area contributed by atoms with Gasteiger partial charge in [-0.1, -0.05) is 67.3 Å². The van der Waals surface area contributed by atoms with Crippen LogP contribution in [0, 0.1) is 5.92 Å². The van der Waals surface area contributed by atoms with Crippen LogP contribution in [-0.4, -0.2) is 5.75 Å². The molecule has 1 aromatic rings. The summed E-state index contributed by atoms with van der Waals surface area (Å²) >= 11 is 5.51. The Hall–Kier alpha value is 0.0500. The lowest BCUT2D eigenvalue weighted by Gasteiger charge is -2.15. The number of hydrogen-bond acceptors (Lipinski definition) is 1. The van der Waals surface area contributed by atoms with E-state index in [1.54, 1.807) is 0 Å². The van der Waals surface area contributed by atoms with E-state index in [0.29, 0.717) is 0 Å². The lowest BCUT2D eigenvalue weighted by Crippen LogP contribution is -2.01. The summed E-state index contributed by atoms with van der Waals surface area (Å²) in [7, 11) is 0. The number of rotatable bonds is 4. The van der Waals surface area contributed by atoms with Crippen LogP contribution in [0.2, 0.25) is 0 Å². The zero-order valence-corrected chi connectivity index (χ0v) is 14.1. The molecule has 0 aliphatic heterocycles. The van der Waals surface area contributed by atoms with Crippen molar-refractivity contribution in [2.24, 2.45) is 5.92 Å². The first kappa shape index (κ1) is 15.4. The molecule has 0 bridgehead atoms. The molecule has 0 heterocycles. The van der Waals surface area contributed by atoms with Crippen molar-refractivity contribution in [2.75, 3.05) is 5.75 Å². The van der Waals surface area contributed by atoms with Crippen molar-refractivity contribution in [1.82, 2.24) is 0 Å². The molecular weight excluding hydrogens is 316 g/mol. The molecule has 1 aliphatic carbocycles. The van der Waals surface area contributed by atoms with Gasteiger partial charge in [0.05, 0.1) is 0 Å². The van der Waals surface area contributed by atoms with E-state index in [9.17, 15) is 0 Å². The van der Waals surface area contributed by atoms with Gasteiger partial charge in [0.15, 0.2) is 0 Å². The molecule has 0 radical (unpaired) electrons. The molecule has 19 heavy (non-hydrogen) atoms. The maximum Gasteiger partial charge on any atom is 0.0176 e. The van der Waals surface area contributed by atoms with Crippen LogP contribution >= 0.6 is 27.7 Å². The number of halogens is 1. The van der Waals surface area contributed by atoms with Crippen LogP contribution in [0.25, 0.3) is 0 Å². The first-order valence-corrected chi connectivity index (χ1v) is 9.51. The third-order valence-corrected chi connectivity index (χ3v) is 5.66. The molecule has 1 aromatic carbocycles. The maximum atomic E-state index is 3.49. The van der Waals surface area contributed by atoms with Crippen molar-refractivity contribution in [3.05, 3.63) is 28.7 Å². The van der Waals surface area contributed by atoms with E-state index in [-0.39, 0.29) is 0 Å². The Labute approximate surface area is 130 Å². The number of thioether (sulfide) groups is 1. The molecule has 0 saturated heterocycles. The van der Waals surface area contributed by atoms with Crippen LogP contribution in [0.1, 0.15) is 57.8 Å². The van der Waals surface area contributed by atoms with E-state index in [2.05, 4.69) is 40.2 Å². The first-order valence-electron chi connectivity index (χ1n) is 7.73. The first-order chi connectivity index (χ1) is 9.34. The largest absolute Gasteiger partial charge is 0.126 e. The van der Waals surface area contributed by atoms with Gasteiger partial charge in [-0.2, -0.15) is 0 Å². The predicted octanol–water partition coefficient (Wildman–Crippen LogP) is 6.68. The van der Waals surface area contributed by atoms with Crippen LogP contribution in [0.15, 0.2) is 33.6 Å². The standard InChI is InChI=1S/C17H25BrS/c18-16-9-11-17(12-10-16)19-14-13-15-7-5-3-1-2-4-6-8-15/h9-12,15H,1-8,13-14H2. The highest BCUT2D eigenvalue weighted by molar-refractivity contribution is 9.10. The van der Waals surface area contributed by atoms with Crippen LogP contribution in [0.4, 0.5) is 0 Å². The molecule has 1 saturated carbocycles. The second-order valence-corrected chi connectivity index (χ2v) is 7.74. The third-order valence-electron chi connectivity index (χ3n) is 4.08. The summed E-state index contributed by atoms with van der Waals surface area (Å²) in [5.41, 5.74) is 0. The predicted molar refractivity (Wildman–Crippen MR) is 89.9 cm³/mol. The molecule has 1 fully saturated rings. The van der Waals surface area contributed by atoms with E-state index in [1.165, 1.54) is 72.9 Å². The van der Waals surface area contributed by atoms with Gasteiger partial charge in [0.25, 0.3) is 0 Å². The Morgan fingerprint density at radius 2 is 1.47 bits per heavy atom. The second kappa shape index (κ2) is 9.07. The van der Waals surface area contributed by atoms with Crippen LogP contribution < -0.4 is 0 Å². The summed E-state index contributed by atoms with van der Waals surface area (Å²) in [6.07, 6.45) is 13.2. The van der Waals surface area contributed by atoms with Crippen molar-refractivity contribution < 1.29 is 0 Å². The minimum Gasteiger partial charge on any atom is -0.126 e. The van der Waals surface area contributed by atoms with Gasteiger partial charge >= 0.3 is 0 Å². The van der Waals surface area contributed by atoms with E-state index in [4.69, 9.17) is 0 Å². The summed E-state index contributed by atoms with van der Waals surface area (Å²) in [5.74, 6) is 2.27. The zero-order valence-electron chi connectivity index (χ0n) is 11.7. The molecular formula is C17H25BrS. The summed E-state index contributed by atoms with van der Waals surface area (Å²) < 4.78 is 1.17. The topological polar surface area (TPSA) is 0 Å². The van der Waals surface area contributed by atoms with Gasteiger partial charge in [-0.15, -0.1) is 11.8 Å². The molecule has 0 atom stereocenters. The molecule has 0 N–H and O–H groups in total. The Morgan fingerprint density at radius 1 is 0.895 bits per heavy atom. The SMILES string of the molecule is Brc1ccc(SCCC2CCCCCCCC2)cc1. The van der Waals surface area contributed by atoms with E-state index in [1.807, 2.05) is 11.8 Å². The van der Waals surface area contributed by atoms with Crippen molar-refractivity contribution in [3.63, 3.8) is 0 Å². The smallest absolute Gasteiger partial charge is 0.0176 e. The van der Waals surface area contributed by atoms with Crippen molar-refractivity contribution in [2.45, 2.75) is 62.7 Å². The monoisotopic (exact) mass is 340 g/mol. The lowest BCUT2D eigenvalue weighted by atomic mass is 9.94. The number of benzene rings is 1. The fraction of sp³-hybridized carbons (Fsp3) is 0.647. The van der Waals surface area contributed by atoms with Crippen LogP contribution in [0.5, 0.6) is 0 Å². The summed E-state index contributed by atoms with van der Waals surface area (Å²) in [6.45, 7) is 0. The molecule has 2 rings (SSSR count). The molecule has 0 nitrogen and oxygen atoms in total. The average molecular weight is 341 g/mol. The lowest BCUT2D eigenvalue weighted by molar-refractivity contribution is 0.418. The van der Waals surface area contributed by atoms with E-state index >= 15 is 0 Å².